The molecule has 6 nitrogen and oxygen atoms in total. The normalized spacial score (nSPS) is 15.5. The Hall–Kier alpha value is -3.09. The second kappa shape index (κ2) is 7.86. The van der Waals surface area contributed by atoms with Crippen molar-refractivity contribution >= 4 is 23.5 Å². The van der Waals surface area contributed by atoms with E-state index in [1.54, 1.807) is 0 Å². The number of aryl methyl sites for hydroxylation is 1. The van der Waals surface area contributed by atoms with E-state index in [9.17, 15) is 14.0 Å². The van der Waals surface area contributed by atoms with Gasteiger partial charge in [-0.3, -0.25) is 5.32 Å². The summed E-state index contributed by atoms with van der Waals surface area (Å²) in [4.78, 5) is 23.6. The Labute approximate surface area is 150 Å². The predicted octanol–water partition coefficient (Wildman–Crippen LogP) is 4.20. The number of nitrogens with one attached hydrogen (secondary N) is 3. The lowest BCUT2D eigenvalue weighted by Crippen LogP contribution is -2.34. The molecular weight excluding hydrogens is 337 g/mol. The van der Waals surface area contributed by atoms with Crippen LogP contribution in [0.4, 0.5) is 25.4 Å². The smallest absolute Gasteiger partial charge is 0.411 e. The number of anilines is 2. The Morgan fingerprint density at radius 1 is 1.15 bits per heavy atom. The van der Waals surface area contributed by atoms with Crippen molar-refractivity contribution in [3.63, 3.8) is 0 Å². The molecule has 0 radical (unpaired) electrons. The fourth-order valence-electron chi connectivity index (χ4n) is 3.09. The Morgan fingerprint density at radius 3 is 2.77 bits per heavy atom. The molecule has 0 aliphatic heterocycles. The zero-order valence-electron chi connectivity index (χ0n) is 14.3. The summed E-state index contributed by atoms with van der Waals surface area (Å²) >= 11 is 0. The molecule has 0 fully saturated rings. The van der Waals surface area contributed by atoms with Crippen LogP contribution in [-0.4, -0.2) is 19.2 Å². The fraction of sp³-hybridized carbons (Fsp3) is 0.263. The molecule has 0 aromatic heterocycles. The van der Waals surface area contributed by atoms with Crippen molar-refractivity contribution in [2.45, 2.75) is 25.3 Å². The molecule has 3 rings (SSSR count). The maximum Gasteiger partial charge on any atom is 0.411 e. The molecular formula is C19H20FN3O3. The molecule has 1 aliphatic carbocycles. The molecule has 0 saturated heterocycles. The van der Waals surface area contributed by atoms with E-state index in [4.69, 9.17) is 0 Å². The second-order valence-electron chi connectivity index (χ2n) is 6.05. The van der Waals surface area contributed by atoms with Gasteiger partial charge in [0.1, 0.15) is 5.82 Å². The van der Waals surface area contributed by atoms with Gasteiger partial charge in [-0.1, -0.05) is 24.3 Å². The third-order valence-corrected chi connectivity index (χ3v) is 4.32. The lowest BCUT2D eigenvalue weighted by molar-refractivity contribution is 0.187. The minimum absolute atomic E-state index is 0.0620. The molecule has 26 heavy (non-hydrogen) atoms. The highest BCUT2D eigenvalue weighted by Gasteiger charge is 2.21. The first-order chi connectivity index (χ1) is 12.6. The summed E-state index contributed by atoms with van der Waals surface area (Å²) in [6.07, 6.45) is 2.09. The molecule has 0 heterocycles. The minimum atomic E-state index is -0.788. The summed E-state index contributed by atoms with van der Waals surface area (Å²) in [5.41, 5.74) is 2.66. The van der Waals surface area contributed by atoms with Crippen molar-refractivity contribution in [2.24, 2.45) is 0 Å². The zero-order valence-corrected chi connectivity index (χ0v) is 14.3. The molecule has 0 bridgehead atoms. The Morgan fingerprint density at radius 2 is 1.96 bits per heavy atom. The molecule has 0 spiro atoms. The van der Waals surface area contributed by atoms with Gasteiger partial charge in [0.2, 0.25) is 0 Å². The second-order valence-corrected chi connectivity index (χ2v) is 6.05. The van der Waals surface area contributed by atoms with Crippen molar-refractivity contribution in [1.82, 2.24) is 5.32 Å². The maximum absolute atomic E-state index is 13.7. The number of amides is 3. The molecule has 1 atom stereocenters. The van der Waals surface area contributed by atoms with Gasteiger partial charge in [-0.15, -0.1) is 0 Å². The predicted molar refractivity (Wildman–Crippen MR) is 96.7 cm³/mol. The SMILES string of the molecule is COC(=O)Nc1cc(NC(=O)NC2CCCc3ccccc32)ccc1F. The van der Waals surface area contributed by atoms with Crippen molar-refractivity contribution in [3.8, 4) is 0 Å². The summed E-state index contributed by atoms with van der Waals surface area (Å²) in [5.74, 6) is -0.623. The van der Waals surface area contributed by atoms with E-state index < -0.39 is 11.9 Å². The number of carbonyl (C=O) groups excluding carboxylic acids is 2. The van der Waals surface area contributed by atoms with E-state index in [0.717, 1.165) is 30.9 Å². The Balaban J connectivity index is 1.67. The number of urea groups is 1. The fourth-order valence-corrected chi connectivity index (χ4v) is 3.09. The first kappa shape index (κ1) is 17.7. The van der Waals surface area contributed by atoms with Crippen LogP contribution in [0.2, 0.25) is 0 Å². The highest BCUT2D eigenvalue weighted by Crippen LogP contribution is 2.29. The molecule has 0 saturated carbocycles. The van der Waals surface area contributed by atoms with Crippen LogP contribution >= 0.6 is 0 Å². The van der Waals surface area contributed by atoms with Gasteiger partial charge in [0.25, 0.3) is 0 Å². The molecule has 2 aromatic rings. The van der Waals surface area contributed by atoms with E-state index >= 15 is 0 Å². The highest BCUT2D eigenvalue weighted by molar-refractivity contribution is 5.91. The van der Waals surface area contributed by atoms with Crippen LogP contribution in [0.1, 0.15) is 30.0 Å². The number of benzene rings is 2. The van der Waals surface area contributed by atoms with E-state index in [1.165, 1.54) is 24.8 Å². The number of hydrogen-bond acceptors (Lipinski definition) is 3. The maximum atomic E-state index is 13.7. The van der Waals surface area contributed by atoms with E-state index in [1.807, 2.05) is 18.2 Å². The van der Waals surface area contributed by atoms with Gasteiger partial charge in [-0.05, 0) is 48.6 Å². The number of ether oxygens (including phenoxy) is 1. The van der Waals surface area contributed by atoms with Crippen LogP contribution in [0.25, 0.3) is 0 Å². The van der Waals surface area contributed by atoms with Crippen LogP contribution in [0.3, 0.4) is 0 Å². The summed E-state index contributed by atoms with van der Waals surface area (Å²) in [6.45, 7) is 0. The molecule has 3 N–H and O–H groups in total. The van der Waals surface area contributed by atoms with Crippen LogP contribution in [0.5, 0.6) is 0 Å². The number of fused-ring (bicyclic) bond motifs is 1. The van der Waals surface area contributed by atoms with Crippen LogP contribution in [0.15, 0.2) is 42.5 Å². The van der Waals surface area contributed by atoms with Crippen molar-refractivity contribution in [3.05, 3.63) is 59.4 Å². The van der Waals surface area contributed by atoms with Gasteiger partial charge in [0.05, 0.1) is 18.8 Å². The summed E-state index contributed by atoms with van der Waals surface area (Å²) < 4.78 is 18.2. The van der Waals surface area contributed by atoms with Crippen molar-refractivity contribution in [2.75, 3.05) is 17.7 Å². The van der Waals surface area contributed by atoms with E-state index in [2.05, 4.69) is 26.8 Å². The lowest BCUT2D eigenvalue weighted by atomic mass is 9.88. The first-order valence-corrected chi connectivity index (χ1v) is 8.36. The number of carbonyl (C=O) groups is 2. The van der Waals surface area contributed by atoms with E-state index in [-0.39, 0.29) is 17.8 Å². The summed E-state index contributed by atoms with van der Waals surface area (Å²) in [6, 6.07) is 11.5. The zero-order chi connectivity index (χ0) is 18.5. The summed E-state index contributed by atoms with van der Waals surface area (Å²) in [5, 5.41) is 7.88. The Bertz CT molecular complexity index is 825. The van der Waals surface area contributed by atoms with Gasteiger partial charge in [0, 0.05) is 5.69 Å². The quantitative estimate of drug-likeness (QED) is 0.770. The molecule has 3 amide bonds. The molecule has 2 aromatic carbocycles. The van der Waals surface area contributed by atoms with Gasteiger partial charge in [-0.2, -0.15) is 0 Å². The largest absolute Gasteiger partial charge is 0.453 e. The van der Waals surface area contributed by atoms with Gasteiger partial charge < -0.3 is 15.4 Å². The third-order valence-electron chi connectivity index (χ3n) is 4.32. The lowest BCUT2D eigenvalue weighted by Gasteiger charge is -2.26. The van der Waals surface area contributed by atoms with Crippen LogP contribution < -0.4 is 16.0 Å². The topological polar surface area (TPSA) is 79.5 Å². The average molecular weight is 357 g/mol. The number of rotatable bonds is 3. The number of methoxy groups -OCH3 is 1. The minimum Gasteiger partial charge on any atom is -0.453 e. The van der Waals surface area contributed by atoms with Crippen LogP contribution in [-0.2, 0) is 11.2 Å². The van der Waals surface area contributed by atoms with Gasteiger partial charge >= 0.3 is 12.1 Å². The highest BCUT2D eigenvalue weighted by atomic mass is 19.1. The van der Waals surface area contributed by atoms with Gasteiger partial charge in [-0.25, -0.2) is 14.0 Å². The molecule has 136 valence electrons. The number of halogens is 1. The molecule has 7 heteroatoms. The van der Waals surface area contributed by atoms with Crippen molar-refractivity contribution < 1.29 is 18.7 Å². The number of hydrogen-bond donors (Lipinski definition) is 3. The summed E-state index contributed by atoms with van der Waals surface area (Å²) in [7, 11) is 1.19. The average Bonchev–Trinajstić information content (AvgIpc) is 2.64. The Kier molecular flexibility index (Phi) is 5.36. The van der Waals surface area contributed by atoms with E-state index in [0.29, 0.717) is 5.69 Å². The molecule has 1 unspecified atom stereocenters. The van der Waals surface area contributed by atoms with Crippen LogP contribution in [0, 0.1) is 5.82 Å². The van der Waals surface area contributed by atoms with Crippen molar-refractivity contribution in [1.29, 1.82) is 0 Å². The molecule has 1 aliphatic rings. The standard InChI is InChI=1S/C19H20FN3O3/c1-26-19(25)23-17-11-13(9-10-15(17)20)21-18(24)22-16-8-4-6-12-5-2-3-7-14(12)16/h2-3,5,7,9-11,16H,4,6,8H2,1H3,(H,23,25)(H2,21,22,24). The first-order valence-electron chi connectivity index (χ1n) is 8.36. The monoisotopic (exact) mass is 357 g/mol. The third kappa shape index (κ3) is 4.11. The van der Waals surface area contributed by atoms with Gasteiger partial charge in [0.15, 0.2) is 0 Å².